The average molecular weight is 436 g/mol. The fourth-order valence-corrected chi connectivity index (χ4v) is 4.59. The van der Waals surface area contributed by atoms with Crippen LogP contribution in [0.3, 0.4) is 0 Å². The highest BCUT2D eigenvalue weighted by Crippen LogP contribution is 2.29. The minimum absolute atomic E-state index is 0.0636. The average Bonchev–Trinajstić information content (AvgIpc) is 3.47. The van der Waals surface area contributed by atoms with E-state index in [-0.39, 0.29) is 18.6 Å². The number of hydrogen-bond acceptors (Lipinski definition) is 6. The molecular weight excluding hydrogens is 406 g/mol. The Morgan fingerprint density at radius 1 is 1.19 bits per heavy atom. The number of rotatable bonds is 6. The summed E-state index contributed by atoms with van der Waals surface area (Å²) < 4.78 is 13.0. The van der Waals surface area contributed by atoms with Crippen molar-refractivity contribution >= 4 is 16.9 Å². The van der Waals surface area contributed by atoms with E-state index in [9.17, 15) is 4.79 Å². The molecule has 3 aromatic heterocycles. The first-order valence-corrected chi connectivity index (χ1v) is 11.4. The van der Waals surface area contributed by atoms with Gasteiger partial charge >= 0.3 is 0 Å². The van der Waals surface area contributed by atoms with Crippen molar-refractivity contribution in [1.82, 2.24) is 24.6 Å². The normalized spacial score (nSPS) is 19.7. The topological polar surface area (TPSA) is 82.4 Å². The molecule has 0 saturated carbocycles. The maximum atomic E-state index is 12.5. The number of pyridine rings is 2. The van der Waals surface area contributed by atoms with Gasteiger partial charge in [0.2, 0.25) is 5.91 Å². The predicted octanol–water partition coefficient (Wildman–Crippen LogP) is 3.03. The van der Waals surface area contributed by atoms with Gasteiger partial charge in [-0.05, 0) is 56.9 Å². The number of hydrogen-bond donors (Lipinski definition) is 0. The number of piperidine rings is 1. The third-order valence-electron chi connectivity index (χ3n) is 6.42. The molecule has 32 heavy (non-hydrogen) atoms. The van der Waals surface area contributed by atoms with Gasteiger partial charge in [0.25, 0.3) is 0 Å². The molecule has 168 valence electrons. The smallest absolute Gasteiger partial charge is 0.248 e. The van der Waals surface area contributed by atoms with E-state index in [2.05, 4.69) is 22.2 Å². The standard InChI is InChI=1S/C24H29N5O3/c1-17-20-7-8-21(26-24(20)29(27-17)22-6-2-3-11-25-22)18-9-12-28(13-10-18)23(30)16-31-15-19-5-4-14-32-19/h2-3,6-8,11,18-19H,4-5,9-10,12-16H2,1H3. The number of carbonyl (C=O) groups is 1. The van der Waals surface area contributed by atoms with Crippen molar-refractivity contribution in [1.29, 1.82) is 0 Å². The van der Waals surface area contributed by atoms with Crippen molar-refractivity contribution in [2.75, 3.05) is 32.9 Å². The van der Waals surface area contributed by atoms with Crippen LogP contribution in [-0.2, 0) is 14.3 Å². The van der Waals surface area contributed by atoms with E-state index in [1.807, 2.05) is 34.7 Å². The molecule has 8 nitrogen and oxygen atoms in total. The Balaban J connectivity index is 1.22. The molecule has 3 aromatic rings. The third kappa shape index (κ3) is 4.38. The zero-order chi connectivity index (χ0) is 21.9. The second-order valence-electron chi connectivity index (χ2n) is 8.60. The van der Waals surface area contributed by atoms with Crippen LogP contribution in [0.5, 0.6) is 0 Å². The molecule has 0 bridgehead atoms. The number of aryl methyl sites for hydroxylation is 1. The van der Waals surface area contributed by atoms with Crippen molar-refractivity contribution in [2.45, 2.75) is 44.6 Å². The summed E-state index contributed by atoms with van der Waals surface area (Å²) >= 11 is 0. The lowest BCUT2D eigenvalue weighted by Gasteiger charge is -2.31. The molecule has 0 spiro atoms. The van der Waals surface area contributed by atoms with Gasteiger partial charge in [-0.15, -0.1) is 0 Å². The van der Waals surface area contributed by atoms with E-state index in [0.29, 0.717) is 12.5 Å². The van der Waals surface area contributed by atoms with Crippen molar-refractivity contribution in [3.8, 4) is 5.82 Å². The fraction of sp³-hybridized carbons (Fsp3) is 0.500. The summed E-state index contributed by atoms with van der Waals surface area (Å²) in [5.41, 5.74) is 2.82. The highest BCUT2D eigenvalue weighted by Gasteiger charge is 2.26. The summed E-state index contributed by atoms with van der Waals surface area (Å²) in [4.78, 5) is 23.8. The van der Waals surface area contributed by atoms with Gasteiger partial charge < -0.3 is 14.4 Å². The van der Waals surface area contributed by atoms with Crippen LogP contribution in [0.25, 0.3) is 16.9 Å². The predicted molar refractivity (Wildman–Crippen MR) is 120 cm³/mol. The van der Waals surface area contributed by atoms with Gasteiger partial charge in [0.05, 0.1) is 18.4 Å². The number of fused-ring (bicyclic) bond motifs is 1. The molecule has 5 heterocycles. The van der Waals surface area contributed by atoms with Crippen molar-refractivity contribution in [2.24, 2.45) is 0 Å². The molecule has 0 N–H and O–H groups in total. The van der Waals surface area contributed by atoms with E-state index < -0.39 is 0 Å². The van der Waals surface area contributed by atoms with Crippen molar-refractivity contribution in [3.63, 3.8) is 0 Å². The van der Waals surface area contributed by atoms with Gasteiger partial charge in [-0.2, -0.15) is 9.78 Å². The number of amides is 1. The number of ether oxygens (including phenoxy) is 2. The summed E-state index contributed by atoms with van der Waals surface area (Å²) in [6, 6.07) is 9.99. The Hall–Kier alpha value is -2.84. The van der Waals surface area contributed by atoms with Crippen LogP contribution in [-0.4, -0.2) is 69.6 Å². The van der Waals surface area contributed by atoms with E-state index >= 15 is 0 Å². The van der Waals surface area contributed by atoms with E-state index in [1.165, 1.54) is 0 Å². The van der Waals surface area contributed by atoms with Crippen LogP contribution >= 0.6 is 0 Å². The highest BCUT2D eigenvalue weighted by atomic mass is 16.5. The van der Waals surface area contributed by atoms with Gasteiger partial charge in [-0.3, -0.25) is 4.79 Å². The first-order valence-electron chi connectivity index (χ1n) is 11.4. The Morgan fingerprint density at radius 3 is 2.81 bits per heavy atom. The summed E-state index contributed by atoms with van der Waals surface area (Å²) in [6.07, 6.45) is 5.81. The molecule has 0 radical (unpaired) electrons. The molecule has 1 unspecified atom stereocenters. The van der Waals surface area contributed by atoms with E-state index in [1.54, 1.807) is 6.20 Å². The molecule has 0 aromatic carbocycles. The monoisotopic (exact) mass is 435 g/mol. The largest absolute Gasteiger partial charge is 0.376 e. The fourth-order valence-electron chi connectivity index (χ4n) is 4.59. The summed E-state index contributed by atoms with van der Waals surface area (Å²) in [6.45, 7) is 4.90. The minimum Gasteiger partial charge on any atom is -0.376 e. The molecule has 0 aliphatic carbocycles. The molecule has 2 fully saturated rings. The summed E-state index contributed by atoms with van der Waals surface area (Å²) in [5.74, 6) is 1.15. The quantitative estimate of drug-likeness (QED) is 0.592. The molecule has 2 saturated heterocycles. The summed E-state index contributed by atoms with van der Waals surface area (Å²) in [5, 5.41) is 5.69. The van der Waals surface area contributed by atoms with Crippen LogP contribution in [0, 0.1) is 6.92 Å². The van der Waals surface area contributed by atoms with Crippen LogP contribution < -0.4 is 0 Å². The van der Waals surface area contributed by atoms with E-state index in [4.69, 9.17) is 14.5 Å². The highest BCUT2D eigenvalue weighted by molar-refractivity contribution is 5.80. The van der Waals surface area contributed by atoms with Crippen LogP contribution in [0.4, 0.5) is 0 Å². The lowest BCUT2D eigenvalue weighted by molar-refractivity contribution is -0.138. The molecular formula is C24H29N5O3. The third-order valence-corrected chi connectivity index (χ3v) is 6.42. The second-order valence-corrected chi connectivity index (χ2v) is 8.60. The minimum atomic E-state index is 0.0636. The SMILES string of the molecule is Cc1nn(-c2ccccn2)c2nc(C3CCN(C(=O)COCC4CCCO4)CC3)ccc12. The first kappa shape index (κ1) is 21.0. The van der Waals surface area contributed by atoms with Crippen molar-refractivity contribution < 1.29 is 14.3 Å². The van der Waals surface area contributed by atoms with Gasteiger partial charge in [0, 0.05) is 42.9 Å². The van der Waals surface area contributed by atoms with Crippen LogP contribution in [0.15, 0.2) is 36.5 Å². The number of aromatic nitrogens is 4. The second kappa shape index (κ2) is 9.34. The zero-order valence-electron chi connectivity index (χ0n) is 18.4. The van der Waals surface area contributed by atoms with Crippen LogP contribution in [0.2, 0.25) is 0 Å². The number of carbonyl (C=O) groups excluding carboxylic acids is 1. The van der Waals surface area contributed by atoms with Gasteiger partial charge in [0.1, 0.15) is 6.61 Å². The molecule has 2 aliphatic rings. The molecule has 2 aliphatic heterocycles. The van der Waals surface area contributed by atoms with Gasteiger partial charge in [-0.25, -0.2) is 9.97 Å². The Kier molecular flexibility index (Phi) is 6.14. The molecule has 1 atom stereocenters. The summed E-state index contributed by atoms with van der Waals surface area (Å²) in [7, 11) is 0. The molecule has 8 heteroatoms. The van der Waals surface area contributed by atoms with E-state index in [0.717, 1.165) is 73.6 Å². The van der Waals surface area contributed by atoms with Gasteiger partial charge in [-0.1, -0.05) is 6.07 Å². The Morgan fingerprint density at radius 2 is 2.06 bits per heavy atom. The Bertz CT molecular complexity index is 1070. The Labute approximate surface area is 187 Å². The molecule has 1 amide bonds. The first-order chi connectivity index (χ1) is 15.7. The zero-order valence-corrected chi connectivity index (χ0v) is 18.4. The maximum Gasteiger partial charge on any atom is 0.248 e. The lowest BCUT2D eigenvalue weighted by Crippen LogP contribution is -2.40. The number of nitrogens with zero attached hydrogens (tertiary/aromatic N) is 5. The van der Waals surface area contributed by atoms with Gasteiger partial charge in [0.15, 0.2) is 11.5 Å². The lowest BCUT2D eigenvalue weighted by atomic mass is 9.93. The maximum absolute atomic E-state index is 12.5. The van der Waals surface area contributed by atoms with Crippen LogP contribution in [0.1, 0.15) is 43.0 Å². The van der Waals surface area contributed by atoms with Crippen molar-refractivity contribution in [3.05, 3.63) is 47.9 Å². The number of likely N-dealkylation sites (tertiary alicyclic amines) is 1. The molecule has 5 rings (SSSR count).